The maximum Gasteiger partial charge on any atom is 0.204 e. The molecule has 2 fully saturated rings. The average molecular weight is 409 g/mol. The topological polar surface area (TPSA) is 35.5 Å². The Bertz CT molecular complexity index is 658. The highest BCUT2D eigenvalue weighted by atomic mass is 19.2. The molecule has 0 amide bonds. The lowest BCUT2D eigenvalue weighted by Crippen LogP contribution is -2.21. The van der Waals surface area contributed by atoms with E-state index in [0.29, 0.717) is 32.0 Å². The molecule has 2 aliphatic rings. The number of hydrogen-bond donors (Lipinski definition) is 0. The molecule has 162 valence electrons. The summed E-state index contributed by atoms with van der Waals surface area (Å²) in [6, 6.07) is 2.91. The van der Waals surface area contributed by atoms with E-state index in [2.05, 4.69) is 6.92 Å². The standard InChI is InChI=1S/C24H34F2O3/c1-2-3-4-17-5-7-18(8-6-17)15-28-21-13-14-22(24(26)23(21)25)29-16-19-9-11-20(27)12-10-19/h13-14,17-19H,2-12,15-16H2,1H3. The summed E-state index contributed by atoms with van der Waals surface area (Å²) < 4.78 is 39.9. The molecule has 0 aliphatic heterocycles. The van der Waals surface area contributed by atoms with Gasteiger partial charge in [-0.3, -0.25) is 4.79 Å². The van der Waals surface area contributed by atoms with E-state index < -0.39 is 11.6 Å². The smallest absolute Gasteiger partial charge is 0.204 e. The Morgan fingerprint density at radius 3 is 1.83 bits per heavy atom. The van der Waals surface area contributed by atoms with Gasteiger partial charge in [0, 0.05) is 12.8 Å². The van der Waals surface area contributed by atoms with E-state index in [1.54, 1.807) is 0 Å². The number of Topliss-reactive ketones (excluding diaryl/α,β-unsaturated/α-hetero) is 1. The van der Waals surface area contributed by atoms with Gasteiger partial charge >= 0.3 is 0 Å². The minimum absolute atomic E-state index is 0.0359. The van der Waals surface area contributed by atoms with Crippen LogP contribution in [0.25, 0.3) is 0 Å². The Morgan fingerprint density at radius 2 is 1.31 bits per heavy atom. The third-order valence-electron chi connectivity index (χ3n) is 6.56. The van der Waals surface area contributed by atoms with Crippen LogP contribution in [-0.2, 0) is 4.79 Å². The van der Waals surface area contributed by atoms with Gasteiger partial charge in [-0.1, -0.05) is 39.0 Å². The SMILES string of the molecule is CCCCC1CCC(COc2ccc(OCC3CCC(=O)CC3)c(F)c2F)CC1. The monoisotopic (exact) mass is 408 g/mol. The normalized spacial score (nSPS) is 23.2. The molecule has 0 heterocycles. The van der Waals surface area contributed by atoms with Gasteiger partial charge in [-0.2, -0.15) is 8.78 Å². The van der Waals surface area contributed by atoms with E-state index in [1.165, 1.54) is 44.2 Å². The molecule has 1 aromatic carbocycles. The van der Waals surface area contributed by atoms with E-state index in [4.69, 9.17) is 9.47 Å². The van der Waals surface area contributed by atoms with Crippen LogP contribution < -0.4 is 9.47 Å². The van der Waals surface area contributed by atoms with Gasteiger partial charge in [-0.15, -0.1) is 0 Å². The first kappa shape index (κ1) is 22.0. The van der Waals surface area contributed by atoms with E-state index in [1.807, 2.05) is 0 Å². The van der Waals surface area contributed by atoms with Crippen LogP contribution in [-0.4, -0.2) is 19.0 Å². The Kier molecular flexibility index (Phi) is 8.31. The summed E-state index contributed by atoms with van der Waals surface area (Å²) in [6.45, 7) is 2.97. The van der Waals surface area contributed by atoms with Crippen LogP contribution in [0.15, 0.2) is 12.1 Å². The molecule has 2 aliphatic carbocycles. The van der Waals surface area contributed by atoms with Crippen molar-refractivity contribution in [1.29, 1.82) is 0 Å². The molecule has 2 saturated carbocycles. The molecule has 5 heteroatoms. The fourth-order valence-corrected chi connectivity index (χ4v) is 4.50. The zero-order valence-electron chi connectivity index (χ0n) is 17.6. The molecule has 0 saturated heterocycles. The lowest BCUT2D eigenvalue weighted by molar-refractivity contribution is -0.121. The quantitative estimate of drug-likeness (QED) is 0.469. The van der Waals surface area contributed by atoms with Crippen molar-refractivity contribution in [2.24, 2.45) is 17.8 Å². The lowest BCUT2D eigenvalue weighted by Gasteiger charge is -2.28. The number of ether oxygens (including phenoxy) is 2. The van der Waals surface area contributed by atoms with Crippen molar-refractivity contribution >= 4 is 5.78 Å². The van der Waals surface area contributed by atoms with Crippen LogP contribution in [0, 0.1) is 29.4 Å². The van der Waals surface area contributed by atoms with Gasteiger partial charge in [0.2, 0.25) is 11.6 Å². The number of halogens is 2. The molecule has 0 spiro atoms. The van der Waals surface area contributed by atoms with Gasteiger partial charge in [0.05, 0.1) is 13.2 Å². The van der Waals surface area contributed by atoms with Gasteiger partial charge in [-0.25, -0.2) is 0 Å². The molecule has 3 nitrogen and oxygen atoms in total. The van der Waals surface area contributed by atoms with Crippen LogP contribution in [0.5, 0.6) is 11.5 Å². The molecule has 29 heavy (non-hydrogen) atoms. The van der Waals surface area contributed by atoms with Crippen molar-refractivity contribution < 1.29 is 23.0 Å². The highest BCUT2D eigenvalue weighted by Crippen LogP contribution is 2.34. The van der Waals surface area contributed by atoms with Crippen LogP contribution in [0.3, 0.4) is 0 Å². The third-order valence-corrected chi connectivity index (χ3v) is 6.56. The molecular formula is C24H34F2O3. The molecule has 0 unspecified atom stereocenters. The minimum Gasteiger partial charge on any atom is -0.490 e. The molecular weight excluding hydrogens is 374 g/mol. The fourth-order valence-electron chi connectivity index (χ4n) is 4.50. The highest BCUT2D eigenvalue weighted by molar-refractivity contribution is 5.79. The Balaban J connectivity index is 1.45. The number of hydrogen-bond acceptors (Lipinski definition) is 3. The van der Waals surface area contributed by atoms with Crippen molar-refractivity contribution in [1.82, 2.24) is 0 Å². The predicted octanol–water partition coefficient (Wildman–Crippen LogP) is 6.48. The highest BCUT2D eigenvalue weighted by Gasteiger charge is 2.24. The minimum atomic E-state index is -0.988. The Labute approximate surface area is 173 Å². The lowest BCUT2D eigenvalue weighted by atomic mass is 9.80. The van der Waals surface area contributed by atoms with Crippen LogP contribution in [0.1, 0.15) is 77.6 Å². The molecule has 0 radical (unpaired) electrons. The number of carbonyl (C=O) groups excluding carboxylic acids is 1. The molecule has 0 aromatic heterocycles. The molecule has 3 rings (SSSR count). The van der Waals surface area contributed by atoms with Crippen molar-refractivity contribution in [3.8, 4) is 11.5 Å². The van der Waals surface area contributed by atoms with Gasteiger partial charge in [0.1, 0.15) is 5.78 Å². The summed E-state index contributed by atoms with van der Waals surface area (Å²) in [5, 5.41) is 0. The zero-order chi connectivity index (χ0) is 20.6. The third kappa shape index (κ3) is 6.42. The van der Waals surface area contributed by atoms with Gasteiger partial charge in [0.15, 0.2) is 11.5 Å². The Morgan fingerprint density at radius 1 is 0.828 bits per heavy atom. The van der Waals surface area contributed by atoms with Gasteiger partial charge in [0.25, 0.3) is 0 Å². The summed E-state index contributed by atoms with van der Waals surface area (Å²) in [7, 11) is 0. The van der Waals surface area contributed by atoms with E-state index >= 15 is 0 Å². The molecule has 0 atom stereocenters. The average Bonchev–Trinajstić information content (AvgIpc) is 2.74. The number of carbonyl (C=O) groups is 1. The van der Waals surface area contributed by atoms with Crippen molar-refractivity contribution in [2.75, 3.05) is 13.2 Å². The van der Waals surface area contributed by atoms with E-state index in [-0.39, 0.29) is 23.2 Å². The second-order valence-electron chi connectivity index (χ2n) is 8.82. The van der Waals surface area contributed by atoms with E-state index in [9.17, 15) is 13.6 Å². The zero-order valence-corrected chi connectivity index (χ0v) is 17.6. The second-order valence-corrected chi connectivity index (χ2v) is 8.82. The largest absolute Gasteiger partial charge is 0.490 e. The van der Waals surface area contributed by atoms with Crippen LogP contribution in [0.2, 0.25) is 0 Å². The number of rotatable bonds is 9. The summed E-state index contributed by atoms with van der Waals surface area (Å²) in [4.78, 5) is 11.3. The number of ketones is 1. The predicted molar refractivity (Wildman–Crippen MR) is 109 cm³/mol. The summed E-state index contributed by atoms with van der Waals surface area (Å²) in [6.07, 6.45) is 11.1. The van der Waals surface area contributed by atoms with Crippen LogP contribution in [0.4, 0.5) is 8.78 Å². The van der Waals surface area contributed by atoms with Crippen molar-refractivity contribution in [3.63, 3.8) is 0 Å². The maximum absolute atomic E-state index is 14.4. The van der Waals surface area contributed by atoms with Crippen molar-refractivity contribution in [3.05, 3.63) is 23.8 Å². The molecule has 0 bridgehead atoms. The summed E-state index contributed by atoms with van der Waals surface area (Å²) in [5.41, 5.74) is 0. The first-order valence-corrected chi connectivity index (χ1v) is 11.3. The second kappa shape index (κ2) is 10.9. The number of unbranched alkanes of at least 4 members (excludes halogenated alkanes) is 1. The summed E-state index contributed by atoms with van der Waals surface area (Å²) in [5.74, 6) is -0.350. The first-order chi connectivity index (χ1) is 14.1. The van der Waals surface area contributed by atoms with Gasteiger partial charge in [-0.05, 0) is 55.6 Å². The van der Waals surface area contributed by atoms with Crippen LogP contribution >= 0.6 is 0 Å². The summed E-state index contributed by atoms with van der Waals surface area (Å²) >= 11 is 0. The van der Waals surface area contributed by atoms with Gasteiger partial charge < -0.3 is 9.47 Å². The molecule has 0 N–H and O–H groups in total. The first-order valence-electron chi connectivity index (χ1n) is 11.3. The Hall–Kier alpha value is -1.65. The fraction of sp³-hybridized carbons (Fsp3) is 0.708. The maximum atomic E-state index is 14.4. The number of benzene rings is 1. The van der Waals surface area contributed by atoms with Crippen molar-refractivity contribution in [2.45, 2.75) is 77.6 Å². The van der Waals surface area contributed by atoms with E-state index in [0.717, 1.165) is 31.6 Å². The molecule has 1 aromatic rings.